The zero-order valence-electron chi connectivity index (χ0n) is 20.4. The van der Waals surface area contributed by atoms with Crippen molar-refractivity contribution in [2.45, 2.75) is 50.0 Å². The van der Waals surface area contributed by atoms with Crippen LogP contribution in [0.25, 0.3) is 10.9 Å². The molecule has 0 aliphatic heterocycles. The third-order valence-corrected chi connectivity index (χ3v) is 7.03. The number of hydrogen-bond donors (Lipinski definition) is 4. The van der Waals surface area contributed by atoms with E-state index in [1.165, 1.54) is 28.8 Å². The van der Waals surface area contributed by atoms with E-state index in [0.717, 1.165) is 29.4 Å². The Morgan fingerprint density at radius 2 is 1.81 bits per heavy atom. The molecule has 1 aliphatic rings. The van der Waals surface area contributed by atoms with Gasteiger partial charge in [-0.15, -0.1) is 0 Å². The van der Waals surface area contributed by atoms with E-state index in [1.54, 1.807) is 24.4 Å². The van der Waals surface area contributed by atoms with Crippen LogP contribution in [-0.4, -0.2) is 29.2 Å². The van der Waals surface area contributed by atoms with E-state index in [1.807, 2.05) is 18.2 Å². The molecule has 4 aromatic rings. The van der Waals surface area contributed by atoms with Crippen molar-refractivity contribution in [1.82, 2.24) is 15.5 Å². The predicted octanol–water partition coefficient (Wildman–Crippen LogP) is 5.60. The lowest BCUT2D eigenvalue weighted by atomic mass is 9.85. The predicted molar refractivity (Wildman–Crippen MR) is 141 cm³/mol. The average molecular weight is 507 g/mol. The summed E-state index contributed by atoms with van der Waals surface area (Å²) in [5.74, 6) is 0. The van der Waals surface area contributed by atoms with Crippen LogP contribution in [0, 0.1) is 0 Å². The quantitative estimate of drug-likeness (QED) is 0.269. The zero-order valence-corrected chi connectivity index (χ0v) is 21.3. The Morgan fingerprint density at radius 1 is 1.06 bits per heavy atom. The van der Waals surface area contributed by atoms with Crippen LogP contribution >= 0.6 is 0 Å². The highest BCUT2D eigenvalue weighted by Gasteiger charge is 2.26. The number of aromatic nitrogens is 2. The number of nitrogens with zero attached hydrogens (tertiary/aromatic N) is 1. The molecule has 0 radical (unpaired) electrons. The van der Waals surface area contributed by atoms with Crippen molar-refractivity contribution in [1.29, 1.82) is 0 Å². The Bertz CT molecular complexity index is 1470. The van der Waals surface area contributed by atoms with E-state index in [4.69, 9.17) is 4.55 Å². The number of benzene rings is 3. The summed E-state index contributed by atoms with van der Waals surface area (Å²) in [4.78, 5) is 12.4. The number of carbonyl (C=O) groups is 1. The molecule has 0 saturated heterocycles. The number of nitrogens with one attached hydrogen (secondary N) is 3. The molecule has 0 saturated carbocycles. The fourth-order valence-corrected chi connectivity index (χ4v) is 4.72. The van der Waals surface area contributed by atoms with Gasteiger partial charge in [-0.3, -0.25) is 9.65 Å². The molecular formula is C27H30N4O4S. The summed E-state index contributed by atoms with van der Waals surface area (Å²) in [5, 5.41) is 13.9. The molecule has 1 atom stereocenters. The molecular weight excluding hydrogens is 476 g/mol. The SMILES string of the molecule is CC(C)(C)c1ccc2c(c1)CC[C@@H]2NC(=O)Nc1cccc2[nH]ncc12.O=S(=O)(O)c1ccccc1. The second kappa shape index (κ2) is 10.1. The first-order valence-corrected chi connectivity index (χ1v) is 13.1. The lowest BCUT2D eigenvalue weighted by molar-refractivity contribution is 0.248. The van der Waals surface area contributed by atoms with E-state index in [2.05, 4.69) is 59.8 Å². The first kappa shape index (κ1) is 25.4. The molecule has 0 unspecified atom stereocenters. The van der Waals surface area contributed by atoms with Gasteiger partial charge >= 0.3 is 6.03 Å². The van der Waals surface area contributed by atoms with Gasteiger partial charge in [-0.1, -0.05) is 63.2 Å². The Balaban J connectivity index is 0.000000256. The number of H-pyrrole nitrogens is 1. The fraction of sp³-hybridized carbons (Fsp3) is 0.259. The smallest absolute Gasteiger partial charge is 0.319 e. The monoisotopic (exact) mass is 506 g/mol. The summed E-state index contributed by atoms with van der Waals surface area (Å²) in [6.45, 7) is 6.68. The average Bonchev–Trinajstić information content (AvgIpc) is 3.46. The molecule has 4 N–H and O–H groups in total. The molecule has 0 fully saturated rings. The molecule has 1 aromatic heterocycles. The molecule has 36 heavy (non-hydrogen) atoms. The summed E-state index contributed by atoms with van der Waals surface area (Å²) in [6, 6.07) is 19.7. The van der Waals surface area contributed by atoms with Crippen molar-refractivity contribution in [3.8, 4) is 0 Å². The van der Waals surface area contributed by atoms with E-state index >= 15 is 0 Å². The molecule has 3 aromatic carbocycles. The van der Waals surface area contributed by atoms with Gasteiger partial charge in [0.1, 0.15) is 0 Å². The van der Waals surface area contributed by atoms with Crippen molar-refractivity contribution in [3.63, 3.8) is 0 Å². The van der Waals surface area contributed by atoms with Crippen LogP contribution in [0.5, 0.6) is 0 Å². The van der Waals surface area contributed by atoms with Gasteiger partial charge < -0.3 is 10.6 Å². The largest absolute Gasteiger partial charge is 0.331 e. The normalized spacial score (nSPS) is 15.1. The Hall–Kier alpha value is -3.69. The van der Waals surface area contributed by atoms with E-state index in [9.17, 15) is 13.2 Å². The van der Waals surface area contributed by atoms with E-state index in [-0.39, 0.29) is 22.4 Å². The molecule has 5 rings (SSSR count). The number of aromatic amines is 1. The topological polar surface area (TPSA) is 124 Å². The number of anilines is 1. The van der Waals surface area contributed by atoms with Gasteiger partial charge in [0.05, 0.1) is 28.3 Å². The minimum atomic E-state index is -4.00. The van der Waals surface area contributed by atoms with Gasteiger partial charge in [-0.25, -0.2) is 4.79 Å². The highest BCUT2D eigenvalue weighted by atomic mass is 32.2. The maximum atomic E-state index is 12.5. The van der Waals surface area contributed by atoms with E-state index in [0.29, 0.717) is 0 Å². The Kier molecular flexibility index (Phi) is 7.14. The van der Waals surface area contributed by atoms with Crippen LogP contribution in [-0.2, 0) is 22.0 Å². The zero-order chi connectivity index (χ0) is 25.9. The molecule has 0 spiro atoms. The van der Waals surface area contributed by atoms with Gasteiger partial charge in [0.15, 0.2) is 0 Å². The van der Waals surface area contributed by atoms with Gasteiger partial charge in [0.25, 0.3) is 10.1 Å². The maximum absolute atomic E-state index is 12.5. The number of hydrogen-bond acceptors (Lipinski definition) is 4. The summed E-state index contributed by atoms with van der Waals surface area (Å²) < 4.78 is 29.2. The number of urea groups is 1. The summed E-state index contributed by atoms with van der Waals surface area (Å²) >= 11 is 0. The molecule has 0 bridgehead atoms. The minimum absolute atomic E-state index is 0.0579. The Labute approximate surface area is 210 Å². The maximum Gasteiger partial charge on any atom is 0.319 e. The fourth-order valence-electron chi connectivity index (χ4n) is 4.22. The van der Waals surface area contributed by atoms with Crippen LogP contribution in [0.2, 0.25) is 0 Å². The van der Waals surface area contributed by atoms with Crippen molar-refractivity contribution in [2.75, 3.05) is 5.32 Å². The standard InChI is InChI=1S/C21H24N4O.C6H6O3S/c1-21(2,3)14-8-9-15-13(11-14)7-10-18(15)24-20(26)23-17-5-4-6-19-16(17)12-22-25-19;7-10(8,9)6-4-2-1-3-5-6/h4-6,8-9,11-12,18H,7,10H2,1-3H3,(H,22,25)(H2,23,24,26);1-5H,(H,7,8,9)/t18-;/m0./s1. The van der Waals surface area contributed by atoms with Crippen molar-refractivity contribution < 1.29 is 17.8 Å². The summed E-state index contributed by atoms with van der Waals surface area (Å²) in [5.41, 5.74) is 5.72. The second-order valence-electron chi connectivity index (χ2n) is 9.78. The number of carbonyl (C=O) groups excluding carboxylic acids is 1. The number of aryl methyl sites for hydroxylation is 1. The Morgan fingerprint density at radius 3 is 2.47 bits per heavy atom. The third-order valence-electron chi connectivity index (χ3n) is 6.17. The first-order valence-electron chi connectivity index (χ1n) is 11.7. The minimum Gasteiger partial charge on any atom is -0.331 e. The third kappa shape index (κ3) is 5.92. The number of rotatable bonds is 3. The van der Waals surface area contributed by atoms with Crippen LogP contribution in [0.1, 0.15) is 49.9 Å². The van der Waals surface area contributed by atoms with Gasteiger partial charge in [-0.2, -0.15) is 13.5 Å². The van der Waals surface area contributed by atoms with Crippen molar-refractivity contribution in [3.05, 3.63) is 89.6 Å². The molecule has 1 aliphatic carbocycles. The lowest BCUT2D eigenvalue weighted by Crippen LogP contribution is -2.31. The molecule has 1 heterocycles. The van der Waals surface area contributed by atoms with Crippen LogP contribution < -0.4 is 10.6 Å². The van der Waals surface area contributed by atoms with Crippen LogP contribution in [0.3, 0.4) is 0 Å². The van der Waals surface area contributed by atoms with Crippen molar-refractivity contribution in [2.24, 2.45) is 0 Å². The lowest BCUT2D eigenvalue weighted by Gasteiger charge is -2.21. The van der Waals surface area contributed by atoms with Gasteiger partial charge in [0.2, 0.25) is 0 Å². The summed E-state index contributed by atoms with van der Waals surface area (Å²) in [7, 11) is -4.00. The molecule has 9 heteroatoms. The highest BCUT2D eigenvalue weighted by molar-refractivity contribution is 7.85. The molecule has 188 valence electrons. The first-order chi connectivity index (χ1) is 17.0. The van der Waals surface area contributed by atoms with E-state index < -0.39 is 10.1 Å². The van der Waals surface area contributed by atoms with Gasteiger partial charge in [0, 0.05) is 5.39 Å². The number of amides is 2. The second-order valence-corrected chi connectivity index (χ2v) is 11.2. The molecule has 2 amide bonds. The van der Waals surface area contributed by atoms with Crippen LogP contribution in [0.4, 0.5) is 10.5 Å². The van der Waals surface area contributed by atoms with Crippen LogP contribution in [0.15, 0.2) is 77.8 Å². The highest BCUT2D eigenvalue weighted by Crippen LogP contribution is 2.34. The molecule has 8 nitrogen and oxygen atoms in total. The van der Waals surface area contributed by atoms with Crippen molar-refractivity contribution >= 4 is 32.7 Å². The van der Waals surface area contributed by atoms with Gasteiger partial charge in [-0.05, 0) is 59.2 Å². The number of fused-ring (bicyclic) bond motifs is 2. The summed E-state index contributed by atoms with van der Waals surface area (Å²) in [6.07, 6.45) is 3.66.